The van der Waals surface area contributed by atoms with E-state index in [1.54, 1.807) is 11.3 Å². The number of anilines is 1. The van der Waals surface area contributed by atoms with Crippen LogP contribution in [0.5, 0.6) is 0 Å². The van der Waals surface area contributed by atoms with Crippen LogP contribution in [0.25, 0.3) is 5.69 Å². The third-order valence-electron chi connectivity index (χ3n) is 6.70. The second-order valence-electron chi connectivity index (χ2n) is 8.72. The number of hydrogen-bond acceptors (Lipinski definition) is 4. The predicted octanol–water partition coefficient (Wildman–Crippen LogP) is 7.51. The van der Waals surface area contributed by atoms with Crippen LogP contribution in [0.4, 0.5) is 5.82 Å². The Morgan fingerprint density at radius 3 is 2.44 bits per heavy atom. The van der Waals surface area contributed by atoms with Crippen LogP contribution in [-0.4, -0.2) is 15.6 Å². The molecule has 1 N–H and O–H groups in total. The Morgan fingerprint density at radius 2 is 1.74 bits per heavy atom. The molecule has 1 aliphatic heterocycles. The molecule has 0 bridgehead atoms. The lowest BCUT2D eigenvalue weighted by atomic mass is 9.73. The van der Waals surface area contributed by atoms with Gasteiger partial charge in [0.15, 0.2) is 5.78 Å². The van der Waals surface area contributed by atoms with Gasteiger partial charge in [-0.3, -0.25) is 4.79 Å². The molecule has 1 aliphatic carbocycles. The molecule has 7 heteroatoms. The number of Topliss-reactive ketones (excluding diaryl/α,β-unsaturated/α-hetero) is 1. The summed E-state index contributed by atoms with van der Waals surface area (Å²) in [6, 6.07) is 19.7. The summed E-state index contributed by atoms with van der Waals surface area (Å²) in [5, 5.41) is 11.7. The number of aromatic nitrogens is 2. The molecule has 0 fully saturated rings. The van der Waals surface area contributed by atoms with Crippen molar-refractivity contribution in [2.24, 2.45) is 0 Å². The molecule has 4 nitrogen and oxygen atoms in total. The highest BCUT2D eigenvalue weighted by Crippen LogP contribution is 2.52. The third kappa shape index (κ3) is 3.42. The number of nitrogens with zero attached hydrogens (tertiary/aromatic N) is 2. The second kappa shape index (κ2) is 8.42. The first kappa shape index (κ1) is 21.7. The quantitative estimate of drug-likeness (QED) is 0.313. The van der Waals surface area contributed by atoms with E-state index in [-0.39, 0.29) is 17.6 Å². The zero-order valence-electron chi connectivity index (χ0n) is 18.4. The monoisotopic (exact) mass is 505 g/mol. The van der Waals surface area contributed by atoms with Crippen LogP contribution in [0.3, 0.4) is 0 Å². The Balaban J connectivity index is 1.59. The van der Waals surface area contributed by atoms with Crippen LogP contribution in [0.2, 0.25) is 10.0 Å². The summed E-state index contributed by atoms with van der Waals surface area (Å²) in [7, 11) is 0. The zero-order valence-corrected chi connectivity index (χ0v) is 20.7. The maximum absolute atomic E-state index is 13.7. The highest BCUT2D eigenvalue weighted by molar-refractivity contribution is 7.10. The predicted molar refractivity (Wildman–Crippen MR) is 139 cm³/mol. The Morgan fingerprint density at radius 1 is 0.971 bits per heavy atom. The number of carbonyl (C=O) groups excluding carboxylic acids is 1. The summed E-state index contributed by atoms with van der Waals surface area (Å²) in [6.07, 6.45) is 1.22. The number of ketones is 1. The van der Waals surface area contributed by atoms with Crippen molar-refractivity contribution in [1.82, 2.24) is 9.78 Å². The van der Waals surface area contributed by atoms with Crippen LogP contribution in [0, 0.1) is 6.92 Å². The van der Waals surface area contributed by atoms with Crippen LogP contribution >= 0.6 is 34.5 Å². The number of halogens is 2. The lowest BCUT2D eigenvalue weighted by molar-refractivity contribution is -0.116. The molecule has 0 unspecified atom stereocenters. The fraction of sp³-hybridized carbons (Fsp3) is 0.185. The molecule has 6 rings (SSSR count). The largest absolute Gasteiger partial charge is 0.343 e. The summed E-state index contributed by atoms with van der Waals surface area (Å²) in [4.78, 5) is 15.0. The highest BCUT2D eigenvalue weighted by Gasteiger charge is 2.42. The maximum Gasteiger partial charge on any atom is 0.162 e. The molecule has 2 atom stereocenters. The Kier molecular flexibility index (Phi) is 5.36. The lowest BCUT2D eigenvalue weighted by Gasteiger charge is -2.36. The van der Waals surface area contributed by atoms with E-state index in [1.165, 1.54) is 4.88 Å². The molecule has 2 aromatic heterocycles. The topological polar surface area (TPSA) is 46.9 Å². The number of nitrogens with one attached hydrogen (secondary N) is 1. The standard InChI is InChI=1S/C27H21Cl2N3OS/c1-15-23-26(24-18(28)9-5-10-19(24)29)25-20(13-16(14-21(25)33)22-11-6-12-34-22)30-27(23)32(31-15)17-7-3-2-4-8-17/h2-12,16,26,30H,13-14H2,1H3/t16-,26+/m1/s1. The minimum Gasteiger partial charge on any atom is -0.343 e. The summed E-state index contributed by atoms with van der Waals surface area (Å²) in [5.74, 6) is 0.771. The molecule has 0 amide bonds. The molecule has 170 valence electrons. The van der Waals surface area contributed by atoms with Gasteiger partial charge in [-0.15, -0.1) is 11.3 Å². The Bertz CT molecular complexity index is 1420. The molecule has 2 aromatic carbocycles. The van der Waals surface area contributed by atoms with E-state index in [0.29, 0.717) is 16.5 Å². The summed E-state index contributed by atoms with van der Waals surface area (Å²) in [6.45, 7) is 1.98. The smallest absolute Gasteiger partial charge is 0.162 e. The minimum atomic E-state index is -0.373. The molecule has 0 saturated carbocycles. The number of carbonyl (C=O) groups is 1. The highest BCUT2D eigenvalue weighted by atomic mass is 35.5. The van der Waals surface area contributed by atoms with Gasteiger partial charge in [-0.05, 0) is 49.1 Å². The van der Waals surface area contributed by atoms with Crippen LogP contribution in [0.1, 0.15) is 46.4 Å². The molecule has 0 radical (unpaired) electrons. The van der Waals surface area contributed by atoms with Gasteiger partial charge in [0.1, 0.15) is 5.82 Å². The van der Waals surface area contributed by atoms with Crippen molar-refractivity contribution >= 4 is 46.1 Å². The van der Waals surface area contributed by atoms with Gasteiger partial charge < -0.3 is 5.32 Å². The van der Waals surface area contributed by atoms with Crippen molar-refractivity contribution in [2.45, 2.75) is 31.6 Å². The van der Waals surface area contributed by atoms with Crippen molar-refractivity contribution in [1.29, 1.82) is 0 Å². The number of aryl methyl sites for hydroxylation is 1. The van der Waals surface area contributed by atoms with Gasteiger partial charge in [0, 0.05) is 55.6 Å². The molecule has 4 aromatic rings. The van der Waals surface area contributed by atoms with Crippen molar-refractivity contribution < 1.29 is 4.79 Å². The van der Waals surface area contributed by atoms with E-state index in [0.717, 1.165) is 46.0 Å². The lowest BCUT2D eigenvalue weighted by Crippen LogP contribution is -2.30. The molecule has 3 heterocycles. The molecule has 34 heavy (non-hydrogen) atoms. The van der Waals surface area contributed by atoms with Crippen molar-refractivity contribution in [3.05, 3.63) is 109 Å². The average Bonchev–Trinajstić information content (AvgIpc) is 3.47. The average molecular weight is 506 g/mol. The van der Waals surface area contributed by atoms with Crippen molar-refractivity contribution in [3.63, 3.8) is 0 Å². The second-order valence-corrected chi connectivity index (χ2v) is 10.5. The first-order chi connectivity index (χ1) is 16.5. The number of thiophene rings is 1. The van der Waals surface area contributed by atoms with E-state index in [9.17, 15) is 4.79 Å². The number of hydrogen-bond donors (Lipinski definition) is 1. The molecular formula is C27H21Cl2N3OS. The Labute approximate surface area is 211 Å². The van der Waals surface area contributed by atoms with E-state index >= 15 is 0 Å². The van der Waals surface area contributed by atoms with Gasteiger partial charge in [0.25, 0.3) is 0 Å². The number of rotatable bonds is 3. The van der Waals surface area contributed by atoms with Gasteiger partial charge in [-0.1, -0.05) is 53.5 Å². The van der Waals surface area contributed by atoms with Crippen molar-refractivity contribution in [3.8, 4) is 5.69 Å². The van der Waals surface area contributed by atoms with Gasteiger partial charge >= 0.3 is 0 Å². The molecular weight excluding hydrogens is 485 g/mol. The number of para-hydroxylation sites is 1. The number of allylic oxidation sites excluding steroid dienone is 2. The summed E-state index contributed by atoms with van der Waals surface area (Å²) >= 11 is 15.2. The number of fused-ring (bicyclic) bond motifs is 1. The first-order valence-electron chi connectivity index (χ1n) is 11.2. The van der Waals surface area contributed by atoms with Crippen LogP contribution in [0.15, 0.2) is 77.3 Å². The Hall–Kier alpha value is -2.86. The SMILES string of the molecule is Cc1nn(-c2ccccc2)c2c1[C@@H](c1c(Cl)cccc1Cl)C1=C(C[C@@H](c3cccs3)CC1=O)N2. The fourth-order valence-electron chi connectivity index (χ4n) is 5.23. The van der Waals surface area contributed by atoms with Crippen LogP contribution in [-0.2, 0) is 4.79 Å². The maximum atomic E-state index is 13.7. The molecule has 0 saturated heterocycles. The van der Waals surface area contributed by atoms with E-state index < -0.39 is 0 Å². The normalized spacial score (nSPS) is 19.6. The molecule has 0 spiro atoms. The molecule has 2 aliphatic rings. The zero-order chi connectivity index (χ0) is 23.4. The van der Waals surface area contributed by atoms with E-state index in [2.05, 4.69) is 16.8 Å². The van der Waals surface area contributed by atoms with Gasteiger partial charge in [-0.25, -0.2) is 4.68 Å². The van der Waals surface area contributed by atoms with E-state index in [1.807, 2.05) is 66.2 Å². The van der Waals surface area contributed by atoms with Crippen LogP contribution < -0.4 is 5.32 Å². The van der Waals surface area contributed by atoms with E-state index in [4.69, 9.17) is 28.3 Å². The summed E-state index contributed by atoms with van der Waals surface area (Å²) < 4.78 is 1.92. The van der Waals surface area contributed by atoms with Gasteiger partial charge in [0.05, 0.1) is 11.4 Å². The fourth-order valence-corrected chi connectivity index (χ4v) is 6.68. The van der Waals surface area contributed by atoms with Gasteiger partial charge in [0.2, 0.25) is 0 Å². The van der Waals surface area contributed by atoms with Crippen molar-refractivity contribution in [2.75, 3.05) is 5.32 Å². The third-order valence-corrected chi connectivity index (χ3v) is 8.39. The minimum absolute atomic E-state index is 0.130. The van der Waals surface area contributed by atoms with Gasteiger partial charge in [-0.2, -0.15) is 5.10 Å². The first-order valence-corrected chi connectivity index (χ1v) is 12.8. The number of benzene rings is 2. The summed E-state index contributed by atoms with van der Waals surface area (Å²) in [5.41, 5.74) is 5.18.